The van der Waals surface area contributed by atoms with Crippen LogP contribution in [0, 0.1) is 11.7 Å². The molecule has 1 aromatic heterocycles. The number of carbonyl (C=O) groups is 1. The van der Waals surface area contributed by atoms with E-state index in [2.05, 4.69) is 15.5 Å². The SMILES string of the molecule is CC(CCn1nnnc1-c1ccc(Cl)cc1F)C(=O)O. The van der Waals surface area contributed by atoms with E-state index in [4.69, 9.17) is 16.7 Å². The van der Waals surface area contributed by atoms with Gasteiger partial charge in [0.2, 0.25) is 0 Å². The van der Waals surface area contributed by atoms with Crippen molar-refractivity contribution in [3.63, 3.8) is 0 Å². The van der Waals surface area contributed by atoms with Gasteiger partial charge in [0, 0.05) is 11.6 Å². The number of aliphatic carboxylic acids is 1. The minimum Gasteiger partial charge on any atom is -0.481 e. The third kappa shape index (κ3) is 3.11. The van der Waals surface area contributed by atoms with Gasteiger partial charge in [-0.25, -0.2) is 9.07 Å². The van der Waals surface area contributed by atoms with Gasteiger partial charge in [-0.05, 0) is 35.0 Å². The normalized spacial score (nSPS) is 12.3. The third-order valence-corrected chi connectivity index (χ3v) is 3.13. The van der Waals surface area contributed by atoms with Crippen molar-refractivity contribution in [2.75, 3.05) is 0 Å². The molecule has 2 rings (SSSR count). The first-order chi connectivity index (χ1) is 9.49. The standard InChI is InChI=1S/C12H12ClFN4O2/c1-7(12(19)20)4-5-18-11(15-16-17-18)9-3-2-8(13)6-10(9)14/h2-3,6-7H,4-5H2,1H3,(H,19,20). The van der Waals surface area contributed by atoms with Crippen molar-refractivity contribution in [1.29, 1.82) is 0 Å². The molecule has 1 N–H and O–H groups in total. The largest absolute Gasteiger partial charge is 0.481 e. The molecule has 1 unspecified atom stereocenters. The van der Waals surface area contributed by atoms with E-state index in [1.165, 1.54) is 16.8 Å². The zero-order valence-electron chi connectivity index (χ0n) is 10.6. The van der Waals surface area contributed by atoms with E-state index < -0.39 is 17.7 Å². The zero-order chi connectivity index (χ0) is 14.7. The van der Waals surface area contributed by atoms with Crippen LogP contribution in [-0.4, -0.2) is 31.3 Å². The fourth-order valence-corrected chi connectivity index (χ4v) is 1.82. The van der Waals surface area contributed by atoms with E-state index in [-0.39, 0.29) is 23.0 Å². The Morgan fingerprint density at radius 3 is 2.95 bits per heavy atom. The maximum Gasteiger partial charge on any atom is 0.306 e. The van der Waals surface area contributed by atoms with Gasteiger partial charge in [0.1, 0.15) is 5.82 Å². The first-order valence-electron chi connectivity index (χ1n) is 5.93. The number of benzene rings is 1. The summed E-state index contributed by atoms with van der Waals surface area (Å²) in [6, 6.07) is 4.20. The first kappa shape index (κ1) is 14.4. The summed E-state index contributed by atoms with van der Waals surface area (Å²) in [5.41, 5.74) is 0.224. The summed E-state index contributed by atoms with van der Waals surface area (Å²) in [7, 11) is 0. The van der Waals surface area contributed by atoms with E-state index in [1.54, 1.807) is 13.0 Å². The first-order valence-corrected chi connectivity index (χ1v) is 6.31. The summed E-state index contributed by atoms with van der Waals surface area (Å²) in [5.74, 6) is -1.70. The van der Waals surface area contributed by atoms with E-state index in [0.29, 0.717) is 6.42 Å². The van der Waals surface area contributed by atoms with Gasteiger partial charge in [-0.3, -0.25) is 4.79 Å². The van der Waals surface area contributed by atoms with Gasteiger partial charge in [0.25, 0.3) is 0 Å². The lowest BCUT2D eigenvalue weighted by atomic mass is 10.1. The number of hydrogen-bond donors (Lipinski definition) is 1. The Morgan fingerprint density at radius 2 is 2.30 bits per heavy atom. The quantitative estimate of drug-likeness (QED) is 0.915. The van der Waals surface area contributed by atoms with Crippen LogP contribution in [0.25, 0.3) is 11.4 Å². The molecular formula is C12H12ClFN4O2. The lowest BCUT2D eigenvalue weighted by molar-refractivity contribution is -0.141. The van der Waals surface area contributed by atoms with Crippen LogP contribution < -0.4 is 0 Å². The van der Waals surface area contributed by atoms with Crippen LogP contribution in [0.3, 0.4) is 0 Å². The number of hydrogen-bond acceptors (Lipinski definition) is 4. The van der Waals surface area contributed by atoms with Crippen LogP contribution in [-0.2, 0) is 11.3 Å². The molecule has 1 heterocycles. The van der Waals surface area contributed by atoms with Crippen LogP contribution in [0.1, 0.15) is 13.3 Å². The highest BCUT2D eigenvalue weighted by molar-refractivity contribution is 6.30. The van der Waals surface area contributed by atoms with Gasteiger partial charge >= 0.3 is 5.97 Å². The number of tetrazole rings is 1. The van der Waals surface area contributed by atoms with Crippen molar-refractivity contribution in [2.24, 2.45) is 5.92 Å². The zero-order valence-corrected chi connectivity index (χ0v) is 11.4. The Kier molecular flexibility index (Phi) is 4.29. The number of rotatable bonds is 5. The van der Waals surface area contributed by atoms with Crippen LogP contribution in [0.2, 0.25) is 5.02 Å². The molecule has 0 aliphatic rings. The van der Waals surface area contributed by atoms with Crippen molar-refractivity contribution in [3.8, 4) is 11.4 Å². The average molecular weight is 299 g/mol. The summed E-state index contributed by atoms with van der Waals surface area (Å²) in [5, 5.41) is 20.1. The predicted molar refractivity (Wildman–Crippen MR) is 69.6 cm³/mol. The molecule has 0 amide bonds. The molecular weight excluding hydrogens is 287 g/mol. The molecule has 6 nitrogen and oxygen atoms in total. The molecule has 1 aromatic carbocycles. The Bertz CT molecular complexity index is 632. The van der Waals surface area contributed by atoms with Gasteiger partial charge < -0.3 is 5.11 Å². The maximum absolute atomic E-state index is 13.8. The molecule has 2 aromatic rings. The fraction of sp³-hybridized carbons (Fsp3) is 0.333. The van der Waals surface area contributed by atoms with Crippen molar-refractivity contribution in [2.45, 2.75) is 19.9 Å². The number of nitrogens with zero attached hydrogens (tertiary/aromatic N) is 4. The monoisotopic (exact) mass is 298 g/mol. The van der Waals surface area contributed by atoms with Crippen LogP contribution >= 0.6 is 11.6 Å². The highest BCUT2D eigenvalue weighted by Crippen LogP contribution is 2.23. The minimum atomic E-state index is -0.891. The lowest BCUT2D eigenvalue weighted by Gasteiger charge is -2.08. The number of aryl methyl sites for hydroxylation is 1. The van der Waals surface area contributed by atoms with Crippen molar-refractivity contribution < 1.29 is 14.3 Å². The van der Waals surface area contributed by atoms with Crippen LogP contribution in [0.5, 0.6) is 0 Å². The molecule has 20 heavy (non-hydrogen) atoms. The number of aromatic nitrogens is 4. The Hall–Kier alpha value is -2.02. The Labute approximate surface area is 119 Å². The van der Waals surface area contributed by atoms with Crippen LogP contribution in [0.4, 0.5) is 4.39 Å². The fourth-order valence-electron chi connectivity index (χ4n) is 1.66. The molecule has 0 saturated heterocycles. The molecule has 0 saturated carbocycles. The second-order valence-electron chi connectivity index (χ2n) is 4.38. The maximum atomic E-state index is 13.8. The summed E-state index contributed by atoms with van der Waals surface area (Å²) < 4.78 is 15.2. The predicted octanol–water partition coefficient (Wildman–Crippen LogP) is 2.24. The lowest BCUT2D eigenvalue weighted by Crippen LogP contribution is -2.14. The molecule has 0 bridgehead atoms. The molecule has 106 valence electrons. The van der Waals surface area contributed by atoms with E-state index in [0.717, 1.165) is 0 Å². The number of carboxylic acid groups (broad SMARTS) is 1. The van der Waals surface area contributed by atoms with Crippen LogP contribution in [0.15, 0.2) is 18.2 Å². The smallest absolute Gasteiger partial charge is 0.306 e. The van der Waals surface area contributed by atoms with Gasteiger partial charge in [-0.1, -0.05) is 18.5 Å². The van der Waals surface area contributed by atoms with Crippen molar-refractivity contribution >= 4 is 17.6 Å². The summed E-state index contributed by atoms with van der Waals surface area (Å²) in [6.07, 6.45) is 0.350. The molecule has 1 atom stereocenters. The summed E-state index contributed by atoms with van der Waals surface area (Å²) >= 11 is 5.69. The molecule has 0 spiro atoms. The van der Waals surface area contributed by atoms with Gasteiger partial charge in [0.15, 0.2) is 5.82 Å². The molecule has 0 fully saturated rings. The highest BCUT2D eigenvalue weighted by atomic mass is 35.5. The minimum absolute atomic E-state index is 0.224. The second-order valence-corrected chi connectivity index (χ2v) is 4.81. The molecule has 0 aliphatic heterocycles. The Balaban J connectivity index is 2.22. The second kappa shape index (κ2) is 5.96. The van der Waals surface area contributed by atoms with E-state index >= 15 is 0 Å². The van der Waals surface area contributed by atoms with Crippen molar-refractivity contribution in [3.05, 3.63) is 29.0 Å². The van der Waals surface area contributed by atoms with Gasteiger partial charge in [-0.15, -0.1) is 5.10 Å². The van der Waals surface area contributed by atoms with Crippen molar-refractivity contribution in [1.82, 2.24) is 20.2 Å². The van der Waals surface area contributed by atoms with E-state index in [1.807, 2.05) is 0 Å². The Morgan fingerprint density at radius 1 is 1.55 bits per heavy atom. The van der Waals surface area contributed by atoms with E-state index in [9.17, 15) is 9.18 Å². The van der Waals surface area contributed by atoms with Gasteiger partial charge in [-0.2, -0.15) is 0 Å². The number of carboxylic acids is 1. The topological polar surface area (TPSA) is 80.9 Å². The van der Waals surface area contributed by atoms with Gasteiger partial charge in [0.05, 0.1) is 11.5 Å². The number of halogens is 2. The highest BCUT2D eigenvalue weighted by Gasteiger charge is 2.16. The average Bonchev–Trinajstić information content (AvgIpc) is 2.84. The molecule has 8 heteroatoms. The molecule has 0 aliphatic carbocycles. The summed E-state index contributed by atoms with van der Waals surface area (Å²) in [4.78, 5) is 10.8. The summed E-state index contributed by atoms with van der Waals surface area (Å²) in [6.45, 7) is 1.88. The molecule has 0 radical (unpaired) electrons. The third-order valence-electron chi connectivity index (χ3n) is 2.90.